The summed E-state index contributed by atoms with van der Waals surface area (Å²) in [7, 11) is 0. The molecule has 25 heavy (non-hydrogen) atoms. The minimum absolute atomic E-state index is 0.232. The molecule has 0 saturated heterocycles. The Kier molecular flexibility index (Phi) is 3.85. The van der Waals surface area contributed by atoms with Crippen molar-refractivity contribution >= 4 is 33.7 Å². The van der Waals surface area contributed by atoms with Gasteiger partial charge in [0, 0.05) is 24.3 Å². The lowest BCUT2D eigenvalue weighted by molar-refractivity contribution is 0.102. The third kappa shape index (κ3) is 2.82. The number of nitrogens with zero attached hydrogens (tertiary/aromatic N) is 4. The molecule has 0 fully saturated rings. The van der Waals surface area contributed by atoms with Crippen LogP contribution in [0.3, 0.4) is 0 Å². The van der Waals surface area contributed by atoms with Crippen molar-refractivity contribution in [1.29, 1.82) is 0 Å². The number of aromatic nitrogens is 4. The maximum Gasteiger partial charge on any atom is 0.258 e. The number of nitrogens with one attached hydrogen (secondary N) is 1. The molecule has 3 aromatic heterocycles. The van der Waals surface area contributed by atoms with E-state index in [9.17, 15) is 4.79 Å². The van der Waals surface area contributed by atoms with Crippen molar-refractivity contribution in [3.8, 4) is 0 Å². The highest BCUT2D eigenvalue weighted by molar-refractivity contribution is 6.08. The zero-order valence-corrected chi connectivity index (χ0v) is 13.8. The van der Waals surface area contributed by atoms with Crippen LogP contribution in [0.25, 0.3) is 21.9 Å². The maximum atomic E-state index is 12.5. The van der Waals surface area contributed by atoms with Gasteiger partial charge in [0.05, 0.1) is 16.5 Å². The number of pyridine rings is 2. The molecule has 1 N–H and O–H groups in total. The van der Waals surface area contributed by atoms with Gasteiger partial charge in [-0.2, -0.15) is 5.10 Å². The summed E-state index contributed by atoms with van der Waals surface area (Å²) in [5.74, 6) is 0.292. The SMILES string of the molecule is CCCn1nc(NC(=O)c2cccnc2)c2cc3ccccc3nc21. The molecular weight excluding hydrogens is 314 g/mol. The van der Waals surface area contributed by atoms with Crippen LogP contribution in [0.4, 0.5) is 5.82 Å². The van der Waals surface area contributed by atoms with Crippen LogP contribution in [0.1, 0.15) is 23.7 Å². The van der Waals surface area contributed by atoms with Crippen LogP contribution < -0.4 is 5.32 Å². The smallest absolute Gasteiger partial charge is 0.258 e. The fourth-order valence-electron chi connectivity index (χ4n) is 2.84. The van der Waals surface area contributed by atoms with Crippen molar-refractivity contribution < 1.29 is 4.79 Å². The largest absolute Gasteiger partial charge is 0.304 e. The van der Waals surface area contributed by atoms with Gasteiger partial charge in [-0.3, -0.25) is 9.78 Å². The van der Waals surface area contributed by atoms with E-state index in [0.717, 1.165) is 34.9 Å². The molecule has 0 atom stereocenters. The topological polar surface area (TPSA) is 72.7 Å². The van der Waals surface area contributed by atoms with Crippen LogP contribution in [0, 0.1) is 0 Å². The third-order valence-electron chi connectivity index (χ3n) is 4.02. The minimum atomic E-state index is -0.232. The normalized spacial score (nSPS) is 11.1. The monoisotopic (exact) mass is 331 g/mol. The number of para-hydroxylation sites is 1. The Morgan fingerprint density at radius 3 is 2.88 bits per heavy atom. The second-order valence-corrected chi connectivity index (χ2v) is 5.82. The minimum Gasteiger partial charge on any atom is -0.304 e. The van der Waals surface area contributed by atoms with E-state index in [1.807, 2.05) is 35.0 Å². The Bertz CT molecular complexity index is 1060. The van der Waals surface area contributed by atoms with E-state index in [2.05, 4.69) is 22.3 Å². The first kappa shape index (κ1) is 15.3. The van der Waals surface area contributed by atoms with Crippen molar-refractivity contribution in [2.75, 3.05) is 5.32 Å². The second kappa shape index (κ2) is 6.32. The number of fused-ring (bicyclic) bond motifs is 2. The van der Waals surface area contributed by atoms with Gasteiger partial charge in [0.15, 0.2) is 11.5 Å². The summed E-state index contributed by atoms with van der Waals surface area (Å²) in [6.07, 6.45) is 4.10. The van der Waals surface area contributed by atoms with Gasteiger partial charge in [-0.1, -0.05) is 25.1 Å². The molecule has 6 nitrogen and oxygen atoms in total. The first-order valence-electron chi connectivity index (χ1n) is 8.24. The van der Waals surface area contributed by atoms with Gasteiger partial charge < -0.3 is 5.32 Å². The Balaban J connectivity index is 1.82. The van der Waals surface area contributed by atoms with E-state index >= 15 is 0 Å². The quantitative estimate of drug-likeness (QED) is 0.619. The number of hydrogen-bond acceptors (Lipinski definition) is 4. The van der Waals surface area contributed by atoms with Gasteiger partial charge in [0.25, 0.3) is 5.91 Å². The predicted molar refractivity (Wildman–Crippen MR) is 97.5 cm³/mol. The average molecular weight is 331 g/mol. The zero-order valence-electron chi connectivity index (χ0n) is 13.8. The van der Waals surface area contributed by atoms with Crippen molar-refractivity contribution in [3.63, 3.8) is 0 Å². The van der Waals surface area contributed by atoms with Crippen molar-refractivity contribution in [2.45, 2.75) is 19.9 Å². The maximum absolute atomic E-state index is 12.5. The molecule has 3 heterocycles. The fraction of sp³-hybridized carbons (Fsp3) is 0.158. The van der Waals surface area contributed by atoms with Crippen LogP contribution in [0.15, 0.2) is 54.9 Å². The number of carbonyl (C=O) groups excluding carboxylic acids is 1. The van der Waals surface area contributed by atoms with Crippen LogP contribution in [0.2, 0.25) is 0 Å². The number of benzene rings is 1. The lowest BCUT2D eigenvalue weighted by Gasteiger charge is -2.02. The highest BCUT2D eigenvalue weighted by Gasteiger charge is 2.16. The van der Waals surface area contributed by atoms with Gasteiger partial charge in [-0.05, 0) is 30.7 Å². The lowest BCUT2D eigenvalue weighted by Crippen LogP contribution is -2.13. The Labute approximate surface area is 144 Å². The summed E-state index contributed by atoms with van der Waals surface area (Å²) in [5, 5.41) is 9.32. The number of anilines is 1. The van der Waals surface area contributed by atoms with Gasteiger partial charge in [0.2, 0.25) is 0 Å². The summed E-state index contributed by atoms with van der Waals surface area (Å²) in [6, 6.07) is 13.4. The van der Waals surface area contributed by atoms with E-state index in [-0.39, 0.29) is 5.91 Å². The Morgan fingerprint density at radius 2 is 2.08 bits per heavy atom. The fourth-order valence-corrected chi connectivity index (χ4v) is 2.84. The molecule has 124 valence electrons. The molecule has 0 unspecified atom stereocenters. The average Bonchev–Trinajstić information content (AvgIpc) is 2.97. The van der Waals surface area contributed by atoms with E-state index in [4.69, 9.17) is 4.98 Å². The third-order valence-corrected chi connectivity index (χ3v) is 4.02. The number of hydrogen-bond donors (Lipinski definition) is 1. The van der Waals surface area contributed by atoms with E-state index in [1.165, 1.54) is 6.20 Å². The van der Waals surface area contributed by atoms with Gasteiger partial charge in [-0.15, -0.1) is 0 Å². The standard InChI is InChI=1S/C19H17N5O/c1-2-10-24-18-15(11-13-6-3-4-8-16(13)21-18)17(23-24)22-19(25)14-7-5-9-20-12-14/h3-9,11-12H,2,10H2,1H3,(H,22,23,25). The first-order chi connectivity index (χ1) is 12.3. The molecule has 4 rings (SSSR count). The molecule has 6 heteroatoms. The summed E-state index contributed by atoms with van der Waals surface area (Å²) < 4.78 is 1.85. The van der Waals surface area contributed by atoms with Crippen LogP contribution in [-0.2, 0) is 6.54 Å². The van der Waals surface area contributed by atoms with Gasteiger partial charge >= 0.3 is 0 Å². The highest BCUT2D eigenvalue weighted by Crippen LogP contribution is 2.26. The molecule has 1 aromatic carbocycles. The molecule has 0 aliphatic rings. The van der Waals surface area contributed by atoms with Gasteiger partial charge in [-0.25, -0.2) is 9.67 Å². The van der Waals surface area contributed by atoms with Crippen LogP contribution in [0.5, 0.6) is 0 Å². The second-order valence-electron chi connectivity index (χ2n) is 5.82. The van der Waals surface area contributed by atoms with Crippen molar-refractivity contribution in [2.24, 2.45) is 0 Å². The summed E-state index contributed by atoms with van der Waals surface area (Å²) in [6.45, 7) is 2.83. The van der Waals surface area contributed by atoms with Gasteiger partial charge in [0.1, 0.15) is 0 Å². The highest BCUT2D eigenvalue weighted by atomic mass is 16.1. The van der Waals surface area contributed by atoms with Crippen LogP contribution >= 0.6 is 0 Å². The Morgan fingerprint density at radius 1 is 1.20 bits per heavy atom. The zero-order chi connectivity index (χ0) is 17.2. The molecule has 0 bridgehead atoms. The molecular formula is C19H17N5O. The molecule has 0 aliphatic carbocycles. The number of amides is 1. The Hall–Kier alpha value is -3.28. The summed E-state index contributed by atoms with van der Waals surface area (Å²) in [4.78, 5) is 21.2. The summed E-state index contributed by atoms with van der Waals surface area (Å²) >= 11 is 0. The van der Waals surface area contributed by atoms with E-state index in [0.29, 0.717) is 11.4 Å². The predicted octanol–water partition coefficient (Wildman–Crippen LogP) is 3.64. The van der Waals surface area contributed by atoms with Crippen molar-refractivity contribution in [1.82, 2.24) is 19.7 Å². The van der Waals surface area contributed by atoms with Crippen LogP contribution in [-0.4, -0.2) is 25.7 Å². The molecule has 1 amide bonds. The number of rotatable bonds is 4. The van der Waals surface area contributed by atoms with Crippen molar-refractivity contribution in [3.05, 3.63) is 60.4 Å². The van der Waals surface area contributed by atoms with E-state index in [1.54, 1.807) is 18.3 Å². The molecule has 0 saturated carbocycles. The molecule has 0 spiro atoms. The molecule has 0 aliphatic heterocycles. The van der Waals surface area contributed by atoms with E-state index < -0.39 is 0 Å². The summed E-state index contributed by atoms with van der Waals surface area (Å²) in [5.41, 5.74) is 2.19. The first-order valence-corrected chi connectivity index (χ1v) is 8.24. The number of aryl methyl sites for hydroxylation is 1. The lowest BCUT2D eigenvalue weighted by atomic mass is 10.2. The molecule has 4 aromatic rings. The molecule has 0 radical (unpaired) electrons. The number of carbonyl (C=O) groups is 1.